The van der Waals surface area contributed by atoms with E-state index >= 15 is 0 Å². The molecule has 0 aliphatic heterocycles. The van der Waals surface area contributed by atoms with E-state index in [2.05, 4.69) is 0 Å². The number of allylic oxidation sites excluding steroid dienone is 1. The predicted molar refractivity (Wildman–Crippen MR) is 40.7 cm³/mol. The molecular formula is C7ClF13Zn. The van der Waals surface area contributed by atoms with E-state index in [9.17, 15) is 57.1 Å². The van der Waals surface area contributed by atoms with Gasteiger partial charge in [0.15, 0.2) is 0 Å². The Bertz CT molecular complexity index is 398. The van der Waals surface area contributed by atoms with Gasteiger partial charge in [-0.1, -0.05) is 0 Å². The molecule has 15 heteroatoms. The first-order chi connectivity index (χ1) is 9.48. The average Bonchev–Trinajstić information content (AvgIpc) is 2.37. The van der Waals surface area contributed by atoms with Crippen LogP contribution in [0.4, 0.5) is 57.1 Å². The molecule has 0 spiro atoms. The first-order valence-corrected chi connectivity index (χ1v) is 8.12. The van der Waals surface area contributed by atoms with Crippen LogP contribution in [0.15, 0.2) is 5.83 Å². The molecule has 0 unspecified atom stereocenters. The zero-order valence-corrected chi connectivity index (χ0v) is 13.2. The Labute approximate surface area is 127 Å². The van der Waals surface area contributed by atoms with Gasteiger partial charge in [-0.25, -0.2) is 4.39 Å². The summed E-state index contributed by atoms with van der Waals surface area (Å²) in [5.41, 5.74) is 0. The average molecular weight is 432 g/mol. The van der Waals surface area contributed by atoms with Crippen molar-refractivity contribution in [1.82, 2.24) is 0 Å². The number of rotatable bonds is 4. The second kappa shape index (κ2) is 7.10. The third-order valence-corrected chi connectivity index (χ3v) is 1.90. The molecule has 128 valence electrons. The van der Waals surface area contributed by atoms with Gasteiger partial charge in [0.25, 0.3) is 0 Å². The molecule has 0 rings (SSSR count). The van der Waals surface area contributed by atoms with Gasteiger partial charge >= 0.3 is 56.9 Å². The second-order valence-electron chi connectivity index (χ2n) is 3.20. The first-order valence-electron chi connectivity index (χ1n) is 4.22. The molecule has 0 aromatic heterocycles. The van der Waals surface area contributed by atoms with Crippen LogP contribution in [0.5, 0.6) is 0 Å². The maximum atomic E-state index is 12.5. The molecule has 0 atom stereocenters. The van der Waals surface area contributed by atoms with Crippen molar-refractivity contribution in [2.24, 2.45) is 0 Å². The minimum atomic E-state index is -7.77. The summed E-state index contributed by atoms with van der Waals surface area (Å²) in [5.74, 6) is -34.1. The fraction of sp³-hybridized carbons (Fsp3) is 0.714. The van der Waals surface area contributed by atoms with Crippen molar-refractivity contribution in [1.29, 1.82) is 0 Å². The molecule has 0 amide bonds. The van der Waals surface area contributed by atoms with Crippen LogP contribution in [0.3, 0.4) is 0 Å². The summed E-state index contributed by atoms with van der Waals surface area (Å²) in [6.07, 6.45) is -8.22. The van der Waals surface area contributed by atoms with Gasteiger partial charge in [-0.05, 0) is 0 Å². The van der Waals surface area contributed by atoms with Gasteiger partial charge in [-0.2, -0.15) is 48.3 Å². The Morgan fingerprint density at radius 3 is 1.23 bits per heavy atom. The molecule has 0 aromatic carbocycles. The van der Waals surface area contributed by atoms with Crippen LogP contribution in [0.2, 0.25) is 0 Å². The van der Waals surface area contributed by atoms with Crippen molar-refractivity contribution in [2.75, 3.05) is 0 Å². The second-order valence-corrected chi connectivity index (χ2v) is 3.20. The zero-order chi connectivity index (χ0) is 18.8. The number of halogens is 14. The van der Waals surface area contributed by atoms with Gasteiger partial charge in [-0.3, -0.25) is 6.33 Å². The number of hydrogen-bond acceptors (Lipinski definition) is 0. The maximum absolute atomic E-state index is 12.5. The molecule has 0 saturated heterocycles. The van der Waals surface area contributed by atoms with Gasteiger partial charge < -0.3 is 4.39 Å². The van der Waals surface area contributed by atoms with Crippen LogP contribution >= 0.6 is 9.69 Å². The van der Waals surface area contributed by atoms with Crippen molar-refractivity contribution in [3.63, 3.8) is 0 Å². The molecule has 0 fully saturated rings. The van der Waals surface area contributed by atoms with Crippen molar-refractivity contribution in [3.05, 3.63) is 12.2 Å². The van der Waals surface area contributed by atoms with Gasteiger partial charge in [0.2, 0.25) is 0 Å². The molecule has 0 nitrogen and oxygen atoms in total. The molecule has 0 aliphatic rings. The zero-order valence-electron chi connectivity index (χ0n) is 9.50. The van der Waals surface area contributed by atoms with E-state index in [1.807, 2.05) is 0 Å². The van der Waals surface area contributed by atoms with Crippen LogP contribution in [-0.2, 0) is 17.3 Å². The van der Waals surface area contributed by atoms with E-state index in [4.69, 9.17) is 9.69 Å². The van der Waals surface area contributed by atoms with Gasteiger partial charge in [-0.15, -0.1) is 0 Å². The van der Waals surface area contributed by atoms with Crippen molar-refractivity contribution < 1.29 is 74.4 Å². The van der Waals surface area contributed by atoms with E-state index < -0.39 is 42.0 Å². The van der Waals surface area contributed by atoms with E-state index in [-0.39, 0.29) is 0 Å². The monoisotopic (exact) mass is 430 g/mol. The van der Waals surface area contributed by atoms with Crippen molar-refractivity contribution >= 4 is 9.69 Å². The summed E-state index contributed by atoms with van der Waals surface area (Å²) >= 11 is 0.847. The molecule has 0 bridgehead atoms. The van der Waals surface area contributed by atoms with Crippen LogP contribution in [0, 0.1) is 6.33 Å². The molecule has 0 N–H and O–H groups in total. The Hall–Kier alpha value is -0.257. The van der Waals surface area contributed by atoms with Crippen molar-refractivity contribution in [2.45, 2.75) is 29.9 Å². The predicted octanol–water partition coefficient (Wildman–Crippen LogP) is 5.36. The molecule has 0 aliphatic carbocycles. The first kappa shape index (κ1) is 24.0. The molecule has 0 heterocycles. The van der Waals surface area contributed by atoms with Crippen LogP contribution in [-0.4, -0.2) is 29.9 Å². The third-order valence-electron chi connectivity index (χ3n) is 1.90. The molecule has 0 radical (unpaired) electrons. The van der Waals surface area contributed by atoms with Crippen molar-refractivity contribution in [3.8, 4) is 0 Å². The number of alkyl halides is 11. The normalized spacial score (nSPS) is 15.4. The summed E-state index contributed by atoms with van der Waals surface area (Å²) in [6.45, 7) is 0. The minimum absolute atomic E-state index is 0.847. The van der Waals surface area contributed by atoms with Gasteiger partial charge in [0.1, 0.15) is 0 Å². The topological polar surface area (TPSA) is 0 Å². The fourth-order valence-corrected chi connectivity index (χ4v) is 0.770. The summed E-state index contributed by atoms with van der Waals surface area (Å²) in [6, 6.07) is 0. The molecule has 22 heavy (non-hydrogen) atoms. The molecular weight excluding hydrogens is 432 g/mol. The van der Waals surface area contributed by atoms with E-state index in [1.54, 1.807) is 0 Å². The summed E-state index contributed by atoms with van der Waals surface area (Å²) in [4.78, 5) is 0. The van der Waals surface area contributed by atoms with Crippen LogP contribution < -0.4 is 0 Å². The van der Waals surface area contributed by atoms with Crippen LogP contribution in [0.1, 0.15) is 0 Å². The van der Waals surface area contributed by atoms with E-state index in [0.717, 1.165) is 17.3 Å². The fourth-order valence-electron chi connectivity index (χ4n) is 0.770. The van der Waals surface area contributed by atoms with Crippen LogP contribution in [0.25, 0.3) is 0 Å². The Balaban J connectivity index is 0. The Morgan fingerprint density at radius 1 is 0.682 bits per heavy atom. The van der Waals surface area contributed by atoms with E-state index in [1.165, 1.54) is 0 Å². The third kappa shape index (κ3) is 3.62. The van der Waals surface area contributed by atoms with Gasteiger partial charge in [0.05, 0.1) is 0 Å². The van der Waals surface area contributed by atoms with Gasteiger partial charge in [0, 0.05) is 5.83 Å². The van der Waals surface area contributed by atoms with E-state index in [0.29, 0.717) is 0 Å². The summed E-state index contributed by atoms with van der Waals surface area (Å²) in [7, 11) is 4.76. The summed E-state index contributed by atoms with van der Waals surface area (Å²) < 4.78 is 157. The SMILES string of the molecule is F[C-]=C(F)C(F)(F)C(F)(F)C(F)(F)C(F)(F)C(F)(F)F.[Cl][Zn+]. The Kier molecular flexibility index (Phi) is 7.75. The summed E-state index contributed by atoms with van der Waals surface area (Å²) in [5, 5.41) is 0. The Morgan fingerprint density at radius 2 is 1.00 bits per heavy atom. The quantitative estimate of drug-likeness (QED) is 0.319. The number of hydrogen-bond donors (Lipinski definition) is 0. The standard InChI is InChI=1S/C7F13.ClH.Zn/c8-1-2(9)3(10,11)4(12,13)5(14,15)6(16,17)7(18,19)20;;/h;1H;/q-1;;+2/p-1. The molecule has 0 aromatic rings. The molecule has 0 saturated carbocycles.